The van der Waals surface area contributed by atoms with Gasteiger partial charge in [0.25, 0.3) is 0 Å². The molecule has 0 N–H and O–H groups in total. The van der Waals surface area contributed by atoms with E-state index < -0.39 is 17.9 Å². The van der Waals surface area contributed by atoms with Gasteiger partial charge in [-0.05, 0) is 104 Å². The predicted octanol–water partition coefficient (Wildman–Crippen LogP) is 6.69. The normalized spacial score (nSPS) is 17.4. The Balaban J connectivity index is 0.000000240. The molecule has 3 aromatic carbocycles. The average Bonchev–Trinajstić information content (AvgIpc) is 3.05. The third-order valence-corrected chi connectivity index (χ3v) is 8.53. The fraction of sp³-hybridized carbons (Fsp3) is 0.389. The van der Waals surface area contributed by atoms with Gasteiger partial charge in [0.1, 0.15) is 0 Å². The van der Waals surface area contributed by atoms with Crippen molar-refractivity contribution in [1.29, 1.82) is 0 Å². The van der Waals surface area contributed by atoms with Gasteiger partial charge in [0, 0.05) is 0 Å². The number of hydrogen-bond acceptors (Lipinski definition) is 8. The van der Waals surface area contributed by atoms with Crippen molar-refractivity contribution in [3.63, 3.8) is 0 Å². The van der Waals surface area contributed by atoms with Crippen LogP contribution in [0.15, 0.2) is 54.6 Å². The summed E-state index contributed by atoms with van der Waals surface area (Å²) in [6, 6.07) is 17.5. The van der Waals surface area contributed by atoms with Gasteiger partial charge in [0.2, 0.25) is 0 Å². The number of aryl methyl sites for hydroxylation is 4. The second kappa shape index (κ2) is 15.3. The molecule has 4 rings (SSSR count). The topological polar surface area (TPSA) is 105 Å². The van der Waals surface area contributed by atoms with Gasteiger partial charge in [0.05, 0.1) is 51.4 Å². The minimum atomic E-state index is -0.564. The summed E-state index contributed by atoms with van der Waals surface area (Å²) in [6.45, 7) is 8.25. The Morgan fingerprint density at radius 1 is 0.545 bits per heavy atom. The number of esters is 4. The molecule has 3 atom stereocenters. The Hall–Kier alpha value is -4.46. The van der Waals surface area contributed by atoms with Crippen LogP contribution >= 0.6 is 0 Å². The molecule has 0 aliphatic heterocycles. The second-order valence-corrected chi connectivity index (χ2v) is 11.2. The molecular formula is C36H42O8. The molecule has 1 aliphatic carbocycles. The molecule has 234 valence electrons. The summed E-state index contributed by atoms with van der Waals surface area (Å²) in [6.07, 6.45) is 2.18. The number of carbonyl (C=O) groups is 4. The third-order valence-electron chi connectivity index (χ3n) is 8.53. The molecule has 0 amide bonds. The number of hydrogen-bond donors (Lipinski definition) is 0. The lowest BCUT2D eigenvalue weighted by Gasteiger charge is -2.33. The molecule has 8 nitrogen and oxygen atoms in total. The van der Waals surface area contributed by atoms with Crippen LogP contribution in [-0.4, -0.2) is 52.3 Å². The fourth-order valence-corrected chi connectivity index (χ4v) is 5.55. The van der Waals surface area contributed by atoms with E-state index >= 15 is 0 Å². The van der Waals surface area contributed by atoms with Crippen LogP contribution in [0.5, 0.6) is 0 Å². The van der Waals surface area contributed by atoms with Gasteiger partial charge in [-0.25, -0.2) is 9.59 Å². The molecule has 1 fully saturated rings. The lowest BCUT2D eigenvalue weighted by molar-refractivity contribution is -0.159. The molecule has 0 aromatic heterocycles. The van der Waals surface area contributed by atoms with Gasteiger partial charge in [-0.3, -0.25) is 9.59 Å². The lowest BCUT2D eigenvalue weighted by Crippen LogP contribution is -2.36. The minimum absolute atomic E-state index is 0.196. The second-order valence-electron chi connectivity index (χ2n) is 11.2. The zero-order valence-corrected chi connectivity index (χ0v) is 26.8. The van der Waals surface area contributed by atoms with Crippen molar-refractivity contribution >= 4 is 23.9 Å². The molecule has 8 heteroatoms. The van der Waals surface area contributed by atoms with Crippen molar-refractivity contribution < 1.29 is 38.1 Å². The molecule has 0 bridgehead atoms. The standard InChI is InChI=1S/C18H24O4.C18H18O4/c2*1-11-5-6-13(9-12(11)2)14-7-8-15(17(19)21-3)16(10-14)18(20)22-4/h5-6,9,14-16H,7-8,10H2,1-4H3;5-10H,1-4H3. The Kier molecular flexibility index (Phi) is 11.9. The highest BCUT2D eigenvalue weighted by Gasteiger charge is 2.41. The summed E-state index contributed by atoms with van der Waals surface area (Å²) in [5.41, 5.74) is 8.32. The van der Waals surface area contributed by atoms with E-state index in [0.29, 0.717) is 12.8 Å². The Morgan fingerprint density at radius 3 is 1.64 bits per heavy atom. The number of methoxy groups -OCH3 is 4. The molecule has 1 saturated carbocycles. The summed E-state index contributed by atoms with van der Waals surface area (Å²) in [5.74, 6) is -2.28. The van der Waals surface area contributed by atoms with Crippen molar-refractivity contribution in [2.75, 3.05) is 28.4 Å². The van der Waals surface area contributed by atoms with Crippen molar-refractivity contribution in [2.24, 2.45) is 11.8 Å². The van der Waals surface area contributed by atoms with Gasteiger partial charge in [-0.2, -0.15) is 0 Å². The molecule has 0 radical (unpaired) electrons. The Labute approximate surface area is 259 Å². The Bertz CT molecular complexity index is 1520. The van der Waals surface area contributed by atoms with Gasteiger partial charge in [-0.15, -0.1) is 0 Å². The maximum atomic E-state index is 12.1. The van der Waals surface area contributed by atoms with Crippen LogP contribution in [0.1, 0.15) is 73.7 Å². The van der Waals surface area contributed by atoms with E-state index in [4.69, 9.17) is 18.9 Å². The van der Waals surface area contributed by atoms with Crippen LogP contribution in [0.25, 0.3) is 11.1 Å². The first-order valence-electron chi connectivity index (χ1n) is 14.6. The maximum absolute atomic E-state index is 12.1. The first-order valence-corrected chi connectivity index (χ1v) is 14.6. The molecule has 3 aromatic rings. The van der Waals surface area contributed by atoms with Crippen LogP contribution in [-0.2, 0) is 28.5 Å². The molecule has 44 heavy (non-hydrogen) atoms. The first-order chi connectivity index (χ1) is 20.9. The van der Waals surface area contributed by atoms with Gasteiger partial charge >= 0.3 is 23.9 Å². The van der Waals surface area contributed by atoms with E-state index in [1.807, 2.05) is 32.0 Å². The van der Waals surface area contributed by atoms with Crippen molar-refractivity contribution in [2.45, 2.75) is 52.9 Å². The van der Waals surface area contributed by atoms with Crippen LogP contribution in [0.3, 0.4) is 0 Å². The quantitative estimate of drug-likeness (QED) is 0.227. The molecule has 0 heterocycles. The zero-order chi connectivity index (χ0) is 32.6. The number of benzene rings is 3. The monoisotopic (exact) mass is 602 g/mol. The molecule has 3 unspecified atom stereocenters. The van der Waals surface area contributed by atoms with Crippen molar-refractivity contribution in [3.05, 3.63) is 93.5 Å². The van der Waals surface area contributed by atoms with E-state index in [-0.39, 0.29) is 34.9 Å². The summed E-state index contributed by atoms with van der Waals surface area (Å²) in [7, 11) is 5.30. The van der Waals surface area contributed by atoms with Gasteiger partial charge in [0.15, 0.2) is 0 Å². The number of carbonyl (C=O) groups excluding carboxylic acids is 4. The predicted molar refractivity (Wildman–Crippen MR) is 168 cm³/mol. The first kappa shape index (κ1) is 34.0. The Morgan fingerprint density at radius 2 is 1.07 bits per heavy atom. The van der Waals surface area contributed by atoms with E-state index in [2.05, 4.69) is 32.0 Å². The number of rotatable bonds is 6. The molecule has 0 spiro atoms. The van der Waals surface area contributed by atoms with Crippen LogP contribution in [0.4, 0.5) is 0 Å². The van der Waals surface area contributed by atoms with E-state index in [1.54, 1.807) is 18.2 Å². The molecule has 0 saturated heterocycles. The van der Waals surface area contributed by atoms with Crippen molar-refractivity contribution in [3.8, 4) is 11.1 Å². The summed E-state index contributed by atoms with van der Waals surface area (Å²) in [4.78, 5) is 47.7. The minimum Gasteiger partial charge on any atom is -0.469 e. The maximum Gasteiger partial charge on any atom is 0.338 e. The smallest absolute Gasteiger partial charge is 0.338 e. The highest BCUT2D eigenvalue weighted by atomic mass is 16.5. The molecular weight excluding hydrogens is 560 g/mol. The largest absolute Gasteiger partial charge is 0.469 e. The fourth-order valence-electron chi connectivity index (χ4n) is 5.55. The molecule has 1 aliphatic rings. The van der Waals surface area contributed by atoms with Crippen LogP contribution in [0, 0.1) is 39.5 Å². The number of ether oxygens (including phenoxy) is 4. The van der Waals surface area contributed by atoms with E-state index in [9.17, 15) is 19.2 Å². The van der Waals surface area contributed by atoms with Gasteiger partial charge < -0.3 is 18.9 Å². The SMILES string of the molecule is COC(=O)C1CCC(c2ccc(C)c(C)c2)CC1C(=O)OC.COC(=O)c1ccc(-c2ccc(C)c(C)c2)cc1C(=O)OC. The average molecular weight is 603 g/mol. The van der Waals surface area contributed by atoms with Gasteiger partial charge in [-0.1, -0.05) is 42.5 Å². The highest BCUT2D eigenvalue weighted by Crippen LogP contribution is 2.41. The third kappa shape index (κ3) is 7.92. The lowest BCUT2D eigenvalue weighted by atomic mass is 9.71. The summed E-state index contributed by atoms with van der Waals surface area (Å²) >= 11 is 0. The van der Waals surface area contributed by atoms with E-state index in [0.717, 1.165) is 23.1 Å². The summed E-state index contributed by atoms with van der Waals surface area (Å²) in [5, 5.41) is 0. The summed E-state index contributed by atoms with van der Waals surface area (Å²) < 4.78 is 19.2. The van der Waals surface area contributed by atoms with Crippen LogP contribution < -0.4 is 0 Å². The van der Waals surface area contributed by atoms with Crippen molar-refractivity contribution in [1.82, 2.24) is 0 Å². The zero-order valence-electron chi connectivity index (χ0n) is 26.8. The van der Waals surface area contributed by atoms with E-state index in [1.165, 1.54) is 50.7 Å². The van der Waals surface area contributed by atoms with Crippen LogP contribution in [0.2, 0.25) is 0 Å². The highest BCUT2D eigenvalue weighted by molar-refractivity contribution is 6.04.